The van der Waals surface area contributed by atoms with E-state index in [0.29, 0.717) is 21.9 Å². The minimum Gasteiger partial charge on any atom is -0.359 e. The Kier molecular flexibility index (Phi) is 5.36. The van der Waals surface area contributed by atoms with E-state index in [0.717, 1.165) is 42.4 Å². The monoisotopic (exact) mass is 476 g/mol. The molecule has 1 N–H and O–H groups in total. The fraction of sp³-hybridized carbons (Fsp3) is 0.429. The highest BCUT2D eigenvalue weighted by Gasteiger charge is 2.34. The standard InChI is InChI=1S/C21H23F3N8S/c1-12-8-14(10-32-18(12)25-11-26-32)16-15(9-21(22,23)24)17(29-28-16)19-27-13(2)20(33-19)31-6-4-30(3)5-7-31/h8,10-11H,4-7,9H2,1-3H3,(H,28,29). The van der Waals surface area contributed by atoms with Crippen LogP contribution in [0, 0.1) is 13.8 Å². The molecule has 1 saturated heterocycles. The number of pyridine rings is 1. The lowest BCUT2D eigenvalue weighted by atomic mass is 10.0. The largest absolute Gasteiger partial charge is 0.393 e. The summed E-state index contributed by atoms with van der Waals surface area (Å²) in [5, 5.41) is 12.8. The Bertz CT molecular complexity index is 1300. The number of H-pyrrole nitrogens is 1. The van der Waals surface area contributed by atoms with Gasteiger partial charge in [-0.2, -0.15) is 23.4 Å². The van der Waals surface area contributed by atoms with Gasteiger partial charge < -0.3 is 9.80 Å². The fourth-order valence-electron chi connectivity index (χ4n) is 4.18. The highest BCUT2D eigenvalue weighted by atomic mass is 32.1. The molecule has 1 aliphatic heterocycles. The lowest BCUT2D eigenvalue weighted by Crippen LogP contribution is -2.44. The number of aromatic amines is 1. The summed E-state index contributed by atoms with van der Waals surface area (Å²) in [6.45, 7) is 7.33. The lowest BCUT2D eigenvalue weighted by molar-refractivity contribution is -0.127. The van der Waals surface area contributed by atoms with Gasteiger partial charge in [-0.25, -0.2) is 14.5 Å². The highest BCUT2D eigenvalue weighted by Crippen LogP contribution is 2.40. The maximum atomic E-state index is 13.6. The molecule has 0 spiro atoms. The second-order valence-electron chi connectivity index (χ2n) is 8.36. The second kappa shape index (κ2) is 8.10. The number of thiazole rings is 1. The third kappa shape index (κ3) is 4.20. The zero-order chi connectivity index (χ0) is 23.3. The number of aryl methyl sites for hydroxylation is 2. The molecule has 0 saturated carbocycles. The predicted molar refractivity (Wildman–Crippen MR) is 121 cm³/mol. The van der Waals surface area contributed by atoms with Gasteiger partial charge in [0.1, 0.15) is 22.0 Å². The van der Waals surface area contributed by atoms with Gasteiger partial charge in [-0.1, -0.05) is 11.3 Å². The first-order chi connectivity index (χ1) is 15.7. The number of likely N-dealkylation sites (N-methyl/N-ethyl adjacent to an activating group) is 1. The molecule has 0 amide bonds. The van der Waals surface area contributed by atoms with E-state index in [1.54, 1.807) is 16.8 Å². The van der Waals surface area contributed by atoms with Crippen LogP contribution in [0.25, 0.3) is 27.6 Å². The fourth-order valence-corrected chi connectivity index (χ4v) is 5.31. The summed E-state index contributed by atoms with van der Waals surface area (Å²) in [6.07, 6.45) is -2.42. The number of piperazine rings is 1. The second-order valence-corrected chi connectivity index (χ2v) is 9.34. The number of aromatic nitrogens is 6. The summed E-state index contributed by atoms with van der Waals surface area (Å²) in [7, 11) is 2.08. The number of anilines is 1. The molecule has 5 rings (SSSR count). The normalized spacial score (nSPS) is 15.6. The molecule has 0 atom stereocenters. The van der Waals surface area contributed by atoms with E-state index in [4.69, 9.17) is 0 Å². The first-order valence-electron chi connectivity index (χ1n) is 10.6. The average molecular weight is 477 g/mol. The molecule has 33 heavy (non-hydrogen) atoms. The molecule has 4 aromatic rings. The van der Waals surface area contributed by atoms with Gasteiger partial charge in [0.05, 0.1) is 17.8 Å². The van der Waals surface area contributed by atoms with Crippen molar-refractivity contribution in [1.29, 1.82) is 0 Å². The van der Waals surface area contributed by atoms with E-state index in [1.807, 2.05) is 13.8 Å². The third-order valence-corrected chi connectivity index (χ3v) is 7.08. The van der Waals surface area contributed by atoms with Gasteiger partial charge in [0, 0.05) is 43.5 Å². The van der Waals surface area contributed by atoms with Crippen molar-refractivity contribution >= 4 is 22.0 Å². The number of alkyl halides is 3. The number of nitrogens with one attached hydrogen (secondary N) is 1. The number of fused-ring (bicyclic) bond motifs is 1. The van der Waals surface area contributed by atoms with Gasteiger partial charge in [-0.3, -0.25) is 5.10 Å². The zero-order valence-corrected chi connectivity index (χ0v) is 19.3. The van der Waals surface area contributed by atoms with Gasteiger partial charge in [-0.05, 0) is 32.5 Å². The van der Waals surface area contributed by atoms with Crippen molar-refractivity contribution in [3.05, 3.63) is 35.4 Å². The van der Waals surface area contributed by atoms with E-state index >= 15 is 0 Å². The Hall–Kier alpha value is -2.99. The molecule has 1 aliphatic rings. The lowest BCUT2D eigenvalue weighted by Gasteiger charge is -2.33. The van der Waals surface area contributed by atoms with Crippen molar-refractivity contribution in [2.24, 2.45) is 0 Å². The van der Waals surface area contributed by atoms with Crippen LogP contribution in [0.2, 0.25) is 0 Å². The van der Waals surface area contributed by atoms with Gasteiger partial charge in [0.15, 0.2) is 5.65 Å². The average Bonchev–Trinajstić information content (AvgIpc) is 3.46. The minimum absolute atomic E-state index is 0.0834. The van der Waals surface area contributed by atoms with E-state index in [-0.39, 0.29) is 11.3 Å². The number of hydrogen-bond acceptors (Lipinski definition) is 7. The van der Waals surface area contributed by atoms with Crippen molar-refractivity contribution < 1.29 is 13.2 Å². The summed E-state index contributed by atoms with van der Waals surface area (Å²) in [6, 6.07) is 1.80. The molecular weight excluding hydrogens is 453 g/mol. The van der Waals surface area contributed by atoms with Crippen LogP contribution in [-0.2, 0) is 6.42 Å². The van der Waals surface area contributed by atoms with Crippen LogP contribution in [0.4, 0.5) is 18.2 Å². The van der Waals surface area contributed by atoms with E-state index < -0.39 is 12.6 Å². The molecule has 0 radical (unpaired) electrons. The Morgan fingerprint density at radius 1 is 1.15 bits per heavy atom. The quantitative estimate of drug-likeness (QED) is 0.484. The first-order valence-corrected chi connectivity index (χ1v) is 11.4. The molecule has 0 aromatic carbocycles. The molecule has 0 bridgehead atoms. The van der Waals surface area contributed by atoms with Crippen molar-refractivity contribution in [2.45, 2.75) is 26.4 Å². The molecule has 12 heteroatoms. The number of nitrogens with zero attached hydrogens (tertiary/aromatic N) is 7. The number of hydrogen-bond donors (Lipinski definition) is 1. The highest BCUT2D eigenvalue weighted by molar-refractivity contribution is 7.19. The summed E-state index contributed by atoms with van der Waals surface area (Å²) >= 11 is 1.40. The smallest absolute Gasteiger partial charge is 0.359 e. The van der Waals surface area contributed by atoms with Crippen LogP contribution in [0.15, 0.2) is 18.6 Å². The molecule has 174 valence electrons. The first kappa shape index (κ1) is 21.8. The topological polar surface area (TPSA) is 78.2 Å². The summed E-state index contributed by atoms with van der Waals surface area (Å²) in [5.41, 5.74) is 3.48. The maximum Gasteiger partial charge on any atom is 0.393 e. The van der Waals surface area contributed by atoms with Crippen molar-refractivity contribution in [3.8, 4) is 22.0 Å². The van der Waals surface area contributed by atoms with E-state index in [2.05, 4.69) is 42.1 Å². The van der Waals surface area contributed by atoms with Crippen LogP contribution in [0.1, 0.15) is 16.8 Å². The van der Waals surface area contributed by atoms with E-state index in [1.165, 1.54) is 17.7 Å². The Morgan fingerprint density at radius 2 is 1.91 bits per heavy atom. The van der Waals surface area contributed by atoms with Gasteiger partial charge in [0.25, 0.3) is 0 Å². The number of halogens is 3. The van der Waals surface area contributed by atoms with Crippen molar-refractivity contribution in [1.82, 2.24) is 34.7 Å². The minimum atomic E-state index is -4.40. The SMILES string of the molecule is Cc1nc(-c2n[nH]c(-c3cc(C)c4ncnn4c3)c2CC(F)(F)F)sc1N1CCN(C)CC1. The third-order valence-electron chi connectivity index (χ3n) is 5.86. The molecule has 0 unspecified atom stereocenters. The molecular formula is C21H23F3N8S. The molecule has 5 heterocycles. The predicted octanol–water partition coefficient (Wildman–Crippen LogP) is 3.72. The van der Waals surface area contributed by atoms with Crippen molar-refractivity contribution in [2.75, 3.05) is 38.1 Å². The summed E-state index contributed by atoms with van der Waals surface area (Å²) in [5.74, 6) is 0. The van der Waals surface area contributed by atoms with Crippen LogP contribution in [-0.4, -0.2) is 74.1 Å². The molecule has 4 aromatic heterocycles. The van der Waals surface area contributed by atoms with Gasteiger partial charge in [0.2, 0.25) is 0 Å². The van der Waals surface area contributed by atoms with Crippen LogP contribution >= 0.6 is 11.3 Å². The Balaban J connectivity index is 1.58. The maximum absolute atomic E-state index is 13.6. The summed E-state index contributed by atoms with van der Waals surface area (Å²) in [4.78, 5) is 13.3. The van der Waals surface area contributed by atoms with Gasteiger partial charge in [-0.15, -0.1) is 0 Å². The Labute approximate surface area is 192 Å². The zero-order valence-electron chi connectivity index (χ0n) is 18.4. The molecule has 1 fully saturated rings. The van der Waals surface area contributed by atoms with Crippen LogP contribution in [0.3, 0.4) is 0 Å². The van der Waals surface area contributed by atoms with E-state index in [9.17, 15) is 13.2 Å². The Morgan fingerprint density at radius 3 is 2.64 bits per heavy atom. The molecule has 0 aliphatic carbocycles. The number of rotatable bonds is 4. The van der Waals surface area contributed by atoms with Gasteiger partial charge >= 0.3 is 6.18 Å². The van der Waals surface area contributed by atoms with Crippen LogP contribution < -0.4 is 4.90 Å². The summed E-state index contributed by atoms with van der Waals surface area (Å²) < 4.78 is 42.4. The van der Waals surface area contributed by atoms with Crippen molar-refractivity contribution in [3.63, 3.8) is 0 Å². The molecule has 8 nitrogen and oxygen atoms in total. The van der Waals surface area contributed by atoms with Crippen LogP contribution in [0.5, 0.6) is 0 Å².